The predicted octanol–water partition coefficient (Wildman–Crippen LogP) is 4.49. The number of rotatable bonds is 4. The number of halogens is 1. The van der Waals surface area contributed by atoms with Gasteiger partial charge < -0.3 is 0 Å². The van der Waals surface area contributed by atoms with E-state index in [-0.39, 0.29) is 5.78 Å². The summed E-state index contributed by atoms with van der Waals surface area (Å²) in [6.07, 6.45) is 7.38. The van der Waals surface area contributed by atoms with E-state index in [0.29, 0.717) is 12.5 Å². The van der Waals surface area contributed by atoms with Gasteiger partial charge in [0.2, 0.25) is 0 Å². The first-order valence-corrected chi connectivity index (χ1v) is 8.25. The van der Waals surface area contributed by atoms with Crippen molar-refractivity contribution in [2.45, 2.75) is 45.1 Å². The minimum absolute atomic E-state index is 0.121. The molecule has 21 heavy (non-hydrogen) atoms. The molecule has 1 fully saturated rings. The number of hydrogen-bond acceptors (Lipinski definition) is 2. The fourth-order valence-electron chi connectivity index (χ4n) is 3.01. The monoisotopic (exact) mass is 346 g/mol. The number of ketones is 1. The maximum atomic E-state index is 12.4. The summed E-state index contributed by atoms with van der Waals surface area (Å²) >= 11 is 3.44. The molecule has 1 aromatic carbocycles. The van der Waals surface area contributed by atoms with Crippen molar-refractivity contribution in [2.75, 3.05) is 0 Å². The van der Waals surface area contributed by atoms with Crippen LogP contribution in [0.25, 0.3) is 0 Å². The Morgan fingerprint density at radius 2 is 2.10 bits per heavy atom. The van der Waals surface area contributed by atoms with E-state index in [4.69, 9.17) is 0 Å². The lowest BCUT2D eigenvalue weighted by molar-refractivity contribution is 0.0991. The first-order valence-electron chi connectivity index (χ1n) is 7.46. The van der Waals surface area contributed by atoms with E-state index in [1.165, 1.54) is 25.7 Å². The molecule has 0 bridgehead atoms. The second-order valence-electron chi connectivity index (χ2n) is 5.84. The molecule has 0 unspecified atom stereocenters. The zero-order valence-electron chi connectivity index (χ0n) is 12.2. The van der Waals surface area contributed by atoms with Gasteiger partial charge in [-0.05, 0) is 49.6 Å². The highest BCUT2D eigenvalue weighted by Gasteiger charge is 2.18. The van der Waals surface area contributed by atoms with Gasteiger partial charge in [-0.3, -0.25) is 9.48 Å². The van der Waals surface area contributed by atoms with Gasteiger partial charge in [0.15, 0.2) is 5.78 Å². The van der Waals surface area contributed by atoms with E-state index >= 15 is 0 Å². The molecule has 1 aliphatic rings. The molecule has 3 nitrogen and oxygen atoms in total. The van der Waals surface area contributed by atoms with Crippen LogP contribution in [-0.2, 0) is 6.42 Å². The Labute approximate surface area is 133 Å². The summed E-state index contributed by atoms with van der Waals surface area (Å²) in [5.41, 5.74) is 2.70. The van der Waals surface area contributed by atoms with Crippen LogP contribution in [0.15, 0.2) is 34.9 Å². The Bertz CT molecular complexity index is 636. The normalized spacial score (nSPS) is 15.5. The van der Waals surface area contributed by atoms with Crippen LogP contribution in [-0.4, -0.2) is 15.6 Å². The lowest BCUT2D eigenvalue weighted by atomic mass is 10.0. The van der Waals surface area contributed by atoms with Gasteiger partial charge in [0, 0.05) is 16.2 Å². The first kappa shape index (κ1) is 14.5. The van der Waals surface area contributed by atoms with Crippen LogP contribution in [0.1, 0.15) is 53.3 Å². The second-order valence-corrected chi connectivity index (χ2v) is 6.76. The number of Topliss-reactive ketones (excluding diaryl/α,β-unsaturated/α-hetero) is 1. The van der Waals surface area contributed by atoms with Gasteiger partial charge in [-0.2, -0.15) is 5.10 Å². The molecule has 110 valence electrons. The van der Waals surface area contributed by atoms with Crippen molar-refractivity contribution in [3.8, 4) is 0 Å². The molecule has 4 heteroatoms. The highest BCUT2D eigenvalue weighted by molar-refractivity contribution is 9.10. The third-order valence-electron chi connectivity index (χ3n) is 4.07. The summed E-state index contributed by atoms with van der Waals surface area (Å²) in [5.74, 6) is 0.121. The van der Waals surface area contributed by atoms with E-state index in [1.807, 2.05) is 42.1 Å². The minimum atomic E-state index is 0.121. The molecular formula is C17H19BrN2O. The van der Waals surface area contributed by atoms with Gasteiger partial charge in [-0.15, -0.1) is 0 Å². The minimum Gasteiger partial charge on any atom is -0.294 e. The summed E-state index contributed by atoms with van der Waals surface area (Å²) in [5, 5.41) is 4.59. The molecule has 0 atom stereocenters. The van der Waals surface area contributed by atoms with Gasteiger partial charge in [-0.1, -0.05) is 28.8 Å². The van der Waals surface area contributed by atoms with Crippen LogP contribution in [0, 0.1) is 6.92 Å². The molecule has 0 saturated heterocycles. The van der Waals surface area contributed by atoms with Gasteiger partial charge in [0.1, 0.15) is 0 Å². The average molecular weight is 347 g/mol. The Morgan fingerprint density at radius 1 is 1.33 bits per heavy atom. The number of hydrogen-bond donors (Lipinski definition) is 0. The van der Waals surface area contributed by atoms with Crippen molar-refractivity contribution in [1.29, 1.82) is 0 Å². The number of carbonyl (C=O) groups is 1. The lowest BCUT2D eigenvalue weighted by Crippen LogP contribution is -2.08. The third kappa shape index (κ3) is 3.43. The Balaban J connectivity index is 1.72. The average Bonchev–Trinajstić information content (AvgIpc) is 3.07. The number of benzene rings is 1. The third-order valence-corrected chi connectivity index (χ3v) is 4.53. The molecule has 0 N–H and O–H groups in total. The van der Waals surface area contributed by atoms with E-state index in [0.717, 1.165) is 21.3 Å². The quantitative estimate of drug-likeness (QED) is 0.764. The van der Waals surface area contributed by atoms with Crippen molar-refractivity contribution >= 4 is 21.7 Å². The number of aryl methyl sites for hydroxylation is 1. The van der Waals surface area contributed by atoms with Crippen molar-refractivity contribution < 1.29 is 4.79 Å². The van der Waals surface area contributed by atoms with Gasteiger partial charge in [-0.25, -0.2) is 0 Å². The highest BCUT2D eigenvalue weighted by atomic mass is 79.9. The predicted molar refractivity (Wildman–Crippen MR) is 86.6 cm³/mol. The second kappa shape index (κ2) is 6.14. The lowest BCUT2D eigenvalue weighted by Gasteiger charge is -2.08. The molecule has 0 amide bonds. The van der Waals surface area contributed by atoms with E-state index in [1.54, 1.807) is 0 Å². The maximum absolute atomic E-state index is 12.4. The molecule has 1 aliphatic carbocycles. The van der Waals surface area contributed by atoms with Crippen LogP contribution >= 0.6 is 15.9 Å². The molecular weight excluding hydrogens is 328 g/mol. The largest absolute Gasteiger partial charge is 0.294 e. The van der Waals surface area contributed by atoms with Gasteiger partial charge in [0.05, 0.1) is 18.2 Å². The summed E-state index contributed by atoms with van der Waals surface area (Å²) in [7, 11) is 0. The molecule has 0 radical (unpaired) electrons. The molecule has 3 rings (SSSR count). The van der Waals surface area contributed by atoms with Crippen LogP contribution in [0.3, 0.4) is 0 Å². The van der Waals surface area contributed by atoms with Gasteiger partial charge in [0.25, 0.3) is 0 Å². The van der Waals surface area contributed by atoms with E-state index in [2.05, 4.69) is 21.0 Å². The first-order chi connectivity index (χ1) is 10.1. The zero-order chi connectivity index (χ0) is 14.8. The topological polar surface area (TPSA) is 34.9 Å². The summed E-state index contributed by atoms with van der Waals surface area (Å²) in [4.78, 5) is 12.4. The molecule has 0 aliphatic heterocycles. The number of aromatic nitrogens is 2. The Morgan fingerprint density at radius 3 is 2.81 bits per heavy atom. The maximum Gasteiger partial charge on any atom is 0.168 e. The summed E-state index contributed by atoms with van der Waals surface area (Å²) in [6, 6.07) is 8.32. The van der Waals surface area contributed by atoms with Crippen LogP contribution in [0.5, 0.6) is 0 Å². The summed E-state index contributed by atoms with van der Waals surface area (Å²) in [6.45, 7) is 2.00. The fourth-order valence-corrected chi connectivity index (χ4v) is 3.62. The molecule has 1 heterocycles. The molecule has 1 aromatic heterocycles. The van der Waals surface area contributed by atoms with Crippen molar-refractivity contribution in [3.05, 3.63) is 51.8 Å². The molecule has 2 aromatic rings. The van der Waals surface area contributed by atoms with Crippen LogP contribution in [0.2, 0.25) is 0 Å². The molecule has 0 spiro atoms. The van der Waals surface area contributed by atoms with Gasteiger partial charge >= 0.3 is 0 Å². The SMILES string of the molecule is Cc1cc(Br)cc(C(=O)Cc2ccn(C3CCCC3)n2)c1. The summed E-state index contributed by atoms with van der Waals surface area (Å²) < 4.78 is 2.99. The van der Waals surface area contributed by atoms with Crippen molar-refractivity contribution in [3.63, 3.8) is 0 Å². The smallest absolute Gasteiger partial charge is 0.168 e. The molecule has 1 saturated carbocycles. The zero-order valence-corrected chi connectivity index (χ0v) is 13.8. The Kier molecular flexibility index (Phi) is 4.24. The number of carbonyl (C=O) groups excluding carboxylic acids is 1. The van der Waals surface area contributed by atoms with Crippen LogP contribution < -0.4 is 0 Å². The Hall–Kier alpha value is -1.42. The van der Waals surface area contributed by atoms with Crippen molar-refractivity contribution in [1.82, 2.24) is 9.78 Å². The standard InChI is InChI=1S/C17H19BrN2O/c1-12-8-13(10-14(18)9-12)17(21)11-15-6-7-20(19-15)16-4-2-3-5-16/h6-10,16H,2-5,11H2,1H3. The van der Waals surface area contributed by atoms with Crippen LogP contribution in [0.4, 0.5) is 0 Å². The van der Waals surface area contributed by atoms with Crippen molar-refractivity contribution in [2.24, 2.45) is 0 Å². The highest BCUT2D eigenvalue weighted by Crippen LogP contribution is 2.28. The number of nitrogens with zero attached hydrogens (tertiary/aromatic N) is 2. The van der Waals surface area contributed by atoms with E-state index < -0.39 is 0 Å². The fraction of sp³-hybridized carbons (Fsp3) is 0.412. The van der Waals surface area contributed by atoms with E-state index in [9.17, 15) is 4.79 Å².